The zero-order valence-corrected chi connectivity index (χ0v) is 9.41. The van der Waals surface area contributed by atoms with Crippen LogP contribution < -0.4 is 5.32 Å². The van der Waals surface area contributed by atoms with Crippen molar-refractivity contribution in [2.45, 2.75) is 58.3 Å². The standard InChI is InChI=1S/C7H16.C4H7F2N/c1-3-5-7-6-4-2;5-4(6)1-2-7-3-4/h3-7H2,1-2H3;7H,1-3H2. The molecule has 0 amide bonds. The second-order valence-corrected chi connectivity index (χ2v) is 3.84. The third-order valence-corrected chi connectivity index (χ3v) is 2.26. The largest absolute Gasteiger partial charge is 0.311 e. The highest BCUT2D eigenvalue weighted by atomic mass is 19.3. The van der Waals surface area contributed by atoms with Crippen molar-refractivity contribution < 1.29 is 8.78 Å². The fourth-order valence-electron chi connectivity index (χ4n) is 1.31. The maximum Gasteiger partial charge on any atom is 0.261 e. The molecule has 1 aliphatic rings. The first-order valence-corrected chi connectivity index (χ1v) is 5.71. The number of halogens is 2. The second kappa shape index (κ2) is 8.16. The van der Waals surface area contributed by atoms with Crippen molar-refractivity contribution in [2.24, 2.45) is 0 Å². The zero-order chi connectivity index (χ0) is 10.9. The Bertz CT molecular complexity index is 114. The summed E-state index contributed by atoms with van der Waals surface area (Å²) >= 11 is 0. The minimum absolute atomic E-state index is 0.00694. The molecule has 0 radical (unpaired) electrons. The molecule has 1 nitrogen and oxygen atoms in total. The van der Waals surface area contributed by atoms with Gasteiger partial charge in [-0.15, -0.1) is 0 Å². The molecule has 0 saturated carbocycles. The lowest BCUT2D eigenvalue weighted by molar-refractivity contribution is 0.0238. The molecular formula is C11H23F2N. The van der Waals surface area contributed by atoms with Crippen molar-refractivity contribution in [3.8, 4) is 0 Å². The summed E-state index contributed by atoms with van der Waals surface area (Å²) in [4.78, 5) is 0. The van der Waals surface area contributed by atoms with Crippen LogP contribution in [0.4, 0.5) is 8.78 Å². The van der Waals surface area contributed by atoms with Crippen LogP contribution in [0.2, 0.25) is 0 Å². The Balaban J connectivity index is 0.000000241. The van der Waals surface area contributed by atoms with Gasteiger partial charge in [-0.05, 0) is 0 Å². The Morgan fingerprint density at radius 2 is 1.64 bits per heavy atom. The van der Waals surface area contributed by atoms with Gasteiger partial charge in [-0.2, -0.15) is 0 Å². The van der Waals surface area contributed by atoms with Gasteiger partial charge >= 0.3 is 0 Å². The van der Waals surface area contributed by atoms with E-state index in [4.69, 9.17) is 0 Å². The highest BCUT2D eigenvalue weighted by molar-refractivity contribution is 4.77. The molecule has 1 saturated heterocycles. The van der Waals surface area contributed by atoms with E-state index in [9.17, 15) is 8.78 Å². The fourth-order valence-corrected chi connectivity index (χ4v) is 1.31. The molecule has 86 valence electrons. The first-order valence-electron chi connectivity index (χ1n) is 5.71. The molecule has 0 aromatic heterocycles. The maximum atomic E-state index is 11.9. The van der Waals surface area contributed by atoms with Gasteiger partial charge in [0.2, 0.25) is 0 Å². The van der Waals surface area contributed by atoms with E-state index in [-0.39, 0.29) is 13.0 Å². The van der Waals surface area contributed by atoms with E-state index in [0.29, 0.717) is 6.54 Å². The highest BCUT2D eigenvalue weighted by Crippen LogP contribution is 2.19. The highest BCUT2D eigenvalue weighted by Gasteiger charge is 2.32. The normalized spacial score (nSPS) is 18.9. The van der Waals surface area contributed by atoms with Crippen LogP contribution in [0.15, 0.2) is 0 Å². The zero-order valence-electron chi connectivity index (χ0n) is 9.41. The van der Waals surface area contributed by atoms with Crippen molar-refractivity contribution in [1.29, 1.82) is 0 Å². The third kappa shape index (κ3) is 8.42. The van der Waals surface area contributed by atoms with Crippen molar-refractivity contribution in [3.63, 3.8) is 0 Å². The number of hydrogen-bond donors (Lipinski definition) is 1. The summed E-state index contributed by atoms with van der Waals surface area (Å²) in [5.74, 6) is -2.42. The minimum Gasteiger partial charge on any atom is -0.311 e. The van der Waals surface area contributed by atoms with Gasteiger partial charge in [-0.3, -0.25) is 0 Å². The van der Waals surface area contributed by atoms with Crippen LogP contribution in [0, 0.1) is 0 Å². The van der Waals surface area contributed by atoms with Gasteiger partial charge in [-0.25, -0.2) is 8.78 Å². The van der Waals surface area contributed by atoms with E-state index < -0.39 is 5.92 Å². The van der Waals surface area contributed by atoms with Gasteiger partial charge < -0.3 is 5.32 Å². The van der Waals surface area contributed by atoms with Gasteiger partial charge in [-0.1, -0.05) is 46.0 Å². The number of rotatable bonds is 4. The summed E-state index contributed by atoms with van der Waals surface area (Å²) in [6, 6.07) is 0. The summed E-state index contributed by atoms with van der Waals surface area (Å²) in [5.41, 5.74) is 0. The van der Waals surface area contributed by atoms with E-state index in [2.05, 4.69) is 19.2 Å². The molecule has 3 heteroatoms. The fraction of sp³-hybridized carbons (Fsp3) is 1.00. The first kappa shape index (κ1) is 13.8. The number of unbranched alkanes of at least 4 members (excludes halogenated alkanes) is 4. The van der Waals surface area contributed by atoms with Crippen LogP contribution in [-0.2, 0) is 0 Å². The SMILES string of the molecule is CCCCCCC.FC1(F)CCNC1. The van der Waals surface area contributed by atoms with Crippen LogP contribution in [0.25, 0.3) is 0 Å². The predicted octanol–water partition coefficient (Wildman–Crippen LogP) is 3.59. The third-order valence-electron chi connectivity index (χ3n) is 2.26. The van der Waals surface area contributed by atoms with E-state index >= 15 is 0 Å². The Labute approximate surface area is 86.3 Å². The van der Waals surface area contributed by atoms with Crippen LogP contribution in [0.3, 0.4) is 0 Å². The van der Waals surface area contributed by atoms with Gasteiger partial charge in [0.25, 0.3) is 5.92 Å². The van der Waals surface area contributed by atoms with Crippen molar-refractivity contribution >= 4 is 0 Å². The topological polar surface area (TPSA) is 12.0 Å². The van der Waals surface area contributed by atoms with Crippen LogP contribution in [0.1, 0.15) is 52.4 Å². The van der Waals surface area contributed by atoms with Gasteiger partial charge in [0.05, 0.1) is 6.54 Å². The van der Waals surface area contributed by atoms with Crippen LogP contribution >= 0.6 is 0 Å². The smallest absolute Gasteiger partial charge is 0.261 e. The molecule has 0 bridgehead atoms. The van der Waals surface area contributed by atoms with Gasteiger partial charge in [0.15, 0.2) is 0 Å². The van der Waals surface area contributed by atoms with E-state index in [1.165, 1.54) is 32.1 Å². The van der Waals surface area contributed by atoms with E-state index in [0.717, 1.165) is 0 Å². The van der Waals surface area contributed by atoms with Gasteiger partial charge in [0, 0.05) is 13.0 Å². The Kier molecular flexibility index (Phi) is 8.05. The molecule has 1 fully saturated rings. The molecule has 0 unspecified atom stereocenters. The first-order chi connectivity index (χ1) is 6.62. The molecule has 0 aliphatic carbocycles. The Morgan fingerprint density at radius 3 is 1.86 bits per heavy atom. The molecule has 0 spiro atoms. The molecular weight excluding hydrogens is 184 g/mol. The van der Waals surface area contributed by atoms with Crippen molar-refractivity contribution in [2.75, 3.05) is 13.1 Å². The number of nitrogens with one attached hydrogen (secondary N) is 1. The Morgan fingerprint density at radius 1 is 1.07 bits per heavy atom. The lowest BCUT2D eigenvalue weighted by atomic mass is 10.2. The minimum atomic E-state index is -2.42. The quantitative estimate of drug-likeness (QED) is 0.695. The molecule has 1 N–H and O–H groups in total. The number of alkyl halides is 2. The average molecular weight is 207 g/mol. The summed E-state index contributed by atoms with van der Waals surface area (Å²) in [7, 11) is 0. The summed E-state index contributed by atoms with van der Waals surface area (Å²) in [6.07, 6.45) is 7.02. The van der Waals surface area contributed by atoms with Crippen molar-refractivity contribution in [3.05, 3.63) is 0 Å². The summed E-state index contributed by atoms with van der Waals surface area (Å²) in [6.45, 7) is 4.82. The van der Waals surface area contributed by atoms with Crippen LogP contribution in [0.5, 0.6) is 0 Å². The Hall–Kier alpha value is -0.180. The summed E-state index contributed by atoms with van der Waals surface area (Å²) < 4.78 is 23.8. The number of hydrogen-bond acceptors (Lipinski definition) is 1. The molecule has 1 rings (SSSR count). The maximum absolute atomic E-state index is 11.9. The average Bonchev–Trinajstić information content (AvgIpc) is 2.52. The molecule has 1 heterocycles. The van der Waals surface area contributed by atoms with Crippen LogP contribution in [-0.4, -0.2) is 19.0 Å². The molecule has 1 aliphatic heterocycles. The van der Waals surface area contributed by atoms with Crippen molar-refractivity contribution in [1.82, 2.24) is 5.32 Å². The van der Waals surface area contributed by atoms with Gasteiger partial charge in [0.1, 0.15) is 0 Å². The summed E-state index contributed by atoms with van der Waals surface area (Å²) in [5, 5.41) is 2.56. The molecule has 14 heavy (non-hydrogen) atoms. The van der Waals surface area contributed by atoms with E-state index in [1.807, 2.05) is 0 Å². The molecule has 0 aromatic carbocycles. The monoisotopic (exact) mass is 207 g/mol. The lowest BCUT2D eigenvalue weighted by Crippen LogP contribution is -2.18. The second-order valence-electron chi connectivity index (χ2n) is 3.84. The lowest BCUT2D eigenvalue weighted by Gasteiger charge is -2.02. The molecule has 0 aromatic rings. The predicted molar refractivity (Wildman–Crippen MR) is 56.9 cm³/mol. The molecule has 0 atom stereocenters. The van der Waals surface area contributed by atoms with E-state index in [1.54, 1.807) is 0 Å².